The molecule has 154 valence electrons. The summed E-state index contributed by atoms with van der Waals surface area (Å²) in [5.74, 6) is 0. The van der Waals surface area contributed by atoms with Gasteiger partial charge in [0, 0.05) is 34.5 Å². The minimum atomic E-state index is -3.56. The topological polar surface area (TPSA) is 55.4 Å². The zero-order chi connectivity index (χ0) is 20.1. The standard InChI is InChI=1S/C23H27NO3S2/c1-16-14-19-21(15-22(16)29(25,26)24-17-8-12-27-13-9-17)28-20-7-3-2-6-18(20)23(19)10-4-5-11-23/h2-3,6-7,14-15,17,24H,4-5,8-13H2,1H3. The molecule has 2 aromatic rings. The van der Waals surface area contributed by atoms with Crippen LogP contribution in [0.5, 0.6) is 0 Å². The van der Waals surface area contributed by atoms with E-state index in [2.05, 4.69) is 35.1 Å². The normalized spacial score (nSPS) is 21.1. The Hall–Kier alpha value is -1.34. The second-order valence-electron chi connectivity index (χ2n) is 8.51. The summed E-state index contributed by atoms with van der Waals surface area (Å²) in [6, 6.07) is 12.7. The van der Waals surface area contributed by atoms with Gasteiger partial charge in [-0.25, -0.2) is 13.1 Å². The average Bonchev–Trinajstić information content (AvgIpc) is 3.19. The highest BCUT2D eigenvalue weighted by Gasteiger charge is 2.43. The summed E-state index contributed by atoms with van der Waals surface area (Å²) in [6.07, 6.45) is 6.20. The lowest BCUT2D eigenvalue weighted by Gasteiger charge is -2.38. The van der Waals surface area contributed by atoms with Crippen LogP contribution >= 0.6 is 11.8 Å². The van der Waals surface area contributed by atoms with Gasteiger partial charge in [0.2, 0.25) is 10.0 Å². The molecule has 0 aromatic heterocycles. The van der Waals surface area contributed by atoms with Gasteiger partial charge >= 0.3 is 0 Å². The number of hydrogen-bond donors (Lipinski definition) is 1. The van der Waals surface area contributed by atoms with E-state index in [9.17, 15) is 8.42 Å². The number of hydrogen-bond acceptors (Lipinski definition) is 4. The minimum Gasteiger partial charge on any atom is -0.381 e. The Labute approximate surface area is 177 Å². The van der Waals surface area contributed by atoms with Gasteiger partial charge in [-0.15, -0.1) is 0 Å². The highest BCUT2D eigenvalue weighted by atomic mass is 32.2. The van der Waals surface area contributed by atoms with Crippen molar-refractivity contribution in [1.82, 2.24) is 4.72 Å². The Balaban J connectivity index is 1.57. The lowest BCUT2D eigenvalue weighted by molar-refractivity contribution is 0.0832. The van der Waals surface area contributed by atoms with Crippen molar-refractivity contribution in [3.8, 4) is 0 Å². The first-order valence-corrected chi connectivity index (χ1v) is 12.8. The first kappa shape index (κ1) is 19.6. The number of aryl methyl sites for hydroxylation is 1. The number of ether oxygens (including phenoxy) is 1. The molecule has 3 aliphatic rings. The van der Waals surface area contributed by atoms with Gasteiger partial charge in [-0.05, 0) is 61.4 Å². The maximum atomic E-state index is 13.2. The second kappa shape index (κ2) is 7.41. The number of benzene rings is 2. The van der Waals surface area contributed by atoms with Gasteiger partial charge in [-0.2, -0.15) is 0 Å². The van der Waals surface area contributed by atoms with Crippen molar-refractivity contribution in [1.29, 1.82) is 0 Å². The molecule has 1 spiro atoms. The van der Waals surface area contributed by atoms with Crippen LogP contribution in [0, 0.1) is 6.92 Å². The van der Waals surface area contributed by atoms with Crippen molar-refractivity contribution < 1.29 is 13.2 Å². The van der Waals surface area contributed by atoms with E-state index in [0.29, 0.717) is 18.1 Å². The molecule has 6 heteroatoms. The maximum absolute atomic E-state index is 13.2. The van der Waals surface area contributed by atoms with Crippen LogP contribution in [0.25, 0.3) is 0 Å². The molecule has 0 radical (unpaired) electrons. The Morgan fingerprint density at radius 3 is 2.52 bits per heavy atom. The van der Waals surface area contributed by atoms with Gasteiger partial charge in [0.05, 0.1) is 4.90 Å². The molecule has 1 aliphatic carbocycles. The molecule has 4 nitrogen and oxygen atoms in total. The predicted molar refractivity (Wildman–Crippen MR) is 115 cm³/mol. The fourth-order valence-electron chi connectivity index (χ4n) is 5.25. The Kier molecular flexibility index (Phi) is 5.01. The summed E-state index contributed by atoms with van der Waals surface area (Å²) in [6.45, 7) is 3.17. The Morgan fingerprint density at radius 2 is 1.76 bits per heavy atom. The molecule has 0 amide bonds. The number of rotatable bonds is 3. The second-order valence-corrected chi connectivity index (χ2v) is 11.3. The van der Waals surface area contributed by atoms with Crippen LogP contribution in [0.15, 0.2) is 51.1 Å². The fourth-order valence-corrected chi connectivity index (χ4v) is 8.18. The molecule has 1 saturated carbocycles. The molecule has 0 atom stereocenters. The van der Waals surface area contributed by atoms with Crippen LogP contribution < -0.4 is 4.72 Å². The summed E-state index contributed by atoms with van der Waals surface area (Å²) < 4.78 is 34.7. The monoisotopic (exact) mass is 429 g/mol. The van der Waals surface area contributed by atoms with Crippen LogP contribution in [0.4, 0.5) is 0 Å². The number of fused-ring (bicyclic) bond motifs is 4. The summed E-state index contributed by atoms with van der Waals surface area (Å²) >= 11 is 1.72. The molecular weight excluding hydrogens is 402 g/mol. The molecule has 0 bridgehead atoms. The first-order valence-electron chi connectivity index (χ1n) is 10.5. The third-order valence-corrected chi connectivity index (χ3v) is 9.50. The van der Waals surface area contributed by atoms with E-state index in [-0.39, 0.29) is 11.5 Å². The summed E-state index contributed by atoms with van der Waals surface area (Å²) in [4.78, 5) is 2.79. The SMILES string of the molecule is Cc1cc2c(cc1S(=O)(=O)NC1CCOCC1)Sc1ccccc1C21CCCC1. The molecule has 2 aromatic carbocycles. The zero-order valence-corrected chi connectivity index (χ0v) is 18.4. The van der Waals surface area contributed by atoms with E-state index in [1.54, 1.807) is 11.8 Å². The Morgan fingerprint density at radius 1 is 1.03 bits per heavy atom. The zero-order valence-electron chi connectivity index (χ0n) is 16.7. The van der Waals surface area contributed by atoms with E-state index in [4.69, 9.17) is 4.74 Å². The van der Waals surface area contributed by atoms with Crippen molar-refractivity contribution in [2.75, 3.05) is 13.2 Å². The third kappa shape index (κ3) is 3.34. The van der Waals surface area contributed by atoms with Crippen molar-refractivity contribution in [3.05, 3.63) is 53.1 Å². The van der Waals surface area contributed by atoms with Crippen LogP contribution in [0.1, 0.15) is 55.2 Å². The number of sulfonamides is 1. The summed E-state index contributed by atoms with van der Waals surface area (Å²) in [5, 5.41) is 0. The molecule has 2 aliphatic heterocycles. The van der Waals surface area contributed by atoms with Gasteiger partial charge in [-0.1, -0.05) is 48.9 Å². The van der Waals surface area contributed by atoms with Gasteiger partial charge < -0.3 is 4.74 Å². The fraction of sp³-hybridized carbons (Fsp3) is 0.478. The third-order valence-electron chi connectivity index (χ3n) is 6.71. The Bertz CT molecular complexity index is 1040. The molecule has 5 rings (SSSR count). The van der Waals surface area contributed by atoms with Crippen molar-refractivity contribution in [2.24, 2.45) is 0 Å². The van der Waals surface area contributed by atoms with Crippen molar-refractivity contribution >= 4 is 21.8 Å². The number of nitrogens with one attached hydrogen (secondary N) is 1. The van der Waals surface area contributed by atoms with Crippen LogP contribution in [0.2, 0.25) is 0 Å². The lowest BCUT2D eigenvalue weighted by atomic mass is 9.72. The van der Waals surface area contributed by atoms with Crippen molar-refractivity contribution in [2.45, 2.75) is 71.6 Å². The largest absolute Gasteiger partial charge is 0.381 e. The lowest BCUT2D eigenvalue weighted by Crippen LogP contribution is -2.39. The average molecular weight is 430 g/mol. The van der Waals surface area contributed by atoms with Gasteiger partial charge in [0.1, 0.15) is 0 Å². The quantitative estimate of drug-likeness (QED) is 0.763. The summed E-state index contributed by atoms with van der Waals surface area (Å²) in [7, 11) is -3.56. The molecule has 2 fully saturated rings. The summed E-state index contributed by atoms with van der Waals surface area (Å²) in [5.41, 5.74) is 3.62. The predicted octanol–water partition coefficient (Wildman–Crippen LogP) is 4.78. The minimum absolute atomic E-state index is 0.0400. The van der Waals surface area contributed by atoms with Crippen LogP contribution in [-0.4, -0.2) is 27.7 Å². The molecular formula is C23H27NO3S2. The molecule has 29 heavy (non-hydrogen) atoms. The van der Waals surface area contributed by atoms with Gasteiger partial charge in [0.15, 0.2) is 0 Å². The maximum Gasteiger partial charge on any atom is 0.241 e. The highest BCUT2D eigenvalue weighted by Crippen LogP contribution is 2.56. The first-order chi connectivity index (χ1) is 14.0. The van der Waals surface area contributed by atoms with Gasteiger partial charge in [0.25, 0.3) is 0 Å². The molecule has 0 unspecified atom stereocenters. The van der Waals surface area contributed by atoms with Crippen LogP contribution in [0.3, 0.4) is 0 Å². The van der Waals surface area contributed by atoms with E-state index in [0.717, 1.165) is 36.1 Å². The van der Waals surface area contributed by atoms with Crippen LogP contribution in [-0.2, 0) is 20.2 Å². The van der Waals surface area contributed by atoms with E-state index < -0.39 is 10.0 Å². The van der Waals surface area contributed by atoms with Crippen molar-refractivity contribution in [3.63, 3.8) is 0 Å². The smallest absolute Gasteiger partial charge is 0.241 e. The van der Waals surface area contributed by atoms with E-state index in [1.807, 2.05) is 13.0 Å². The van der Waals surface area contributed by atoms with E-state index >= 15 is 0 Å². The van der Waals surface area contributed by atoms with E-state index in [1.165, 1.54) is 28.9 Å². The molecule has 2 heterocycles. The van der Waals surface area contributed by atoms with Gasteiger partial charge in [-0.3, -0.25) is 0 Å². The molecule has 1 N–H and O–H groups in total. The highest BCUT2D eigenvalue weighted by molar-refractivity contribution is 7.99. The molecule has 1 saturated heterocycles.